The highest BCUT2D eigenvalue weighted by Gasteiger charge is 2.46. The van der Waals surface area contributed by atoms with Crippen molar-refractivity contribution in [1.29, 1.82) is 0 Å². The summed E-state index contributed by atoms with van der Waals surface area (Å²) in [7, 11) is 0. The van der Waals surface area contributed by atoms with Gasteiger partial charge in [-0.3, -0.25) is 9.59 Å². The first-order valence-electron chi connectivity index (χ1n) is 12.6. The van der Waals surface area contributed by atoms with E-state index in [4.69, 9.17) is 20.4 Å². The van der Waals surface area contributed by atoms with Crippen molar-refractivity contribution >= 4 is 29.5 Å². The third-order valence-electron chi connectivity index (χ3n) is 7.76. The highest BCUT2D eigenvalue weighted by Crippen LogP contribution is 2.41. The Balaban J connectivity index is 1.33. The maximum atomic E-state index is 13.1. The number of amides is 2. The predicted molar refractivity (Wildman–Crippen MR) is 132 cm³/mol. The minimum atomic E-state index is -0.405. The summed E-state index contributed by atoms with van der Waals surface area (Å²) in [6.45, 7) is 6.96. The molecule has 0 aromatic carbocycles. The monoisotopic (exact) mass is 493 g/mol. The minimum absolute atomic E-state index is 0.0143. The van der Waals surface area contributed by atoms with Gasteiger partial charge in [0.05, 0.1) is 24.4 Å². The lowest BCUT2D eigenvalue weighted by atomic mass is 9.99. The maximum Gasteiger partial charge on any atom is 0.245 e. The molecule has 6 rings (SSSR count). The number of likely N-dealkylation sites (tertiary alicyclic amines) is 1. The lowest BCUT2D eigenvalue weighted by Gasteiger charge is -2.37. The number of hydrogen-bond acceptors (Lipinski definition) is 10. The molecule has 4 aliphatic rings. The number of nitrogens with zero attached hydrogens (tertiary/aromatic N) is 7. The summed E-state index contributed by atoms with van der Waals surface area (Å²) >= 11 is 0. The molecule has 190 valence electrons. The fraction of sp³-hybridized carbons (Fsp3) is 0.583. The number of carbonyl (C=O) groups excluding carboxylic acids is 2. The average Bonchev–Trinajstić information content (AvgIpc) is 3.63. The Morgan fingerprint density at radius 2 is 1.92 bits per heavy atom. The summed E-state index contributed by atoms with van der Waals surface area (Å²) < 4.78 is 5.54. The van der Waals surface area contributed by atoms with Gasteiger partial charge in [0, 0.05) is 62.7 Å². The normalized spacial score (nSPS) is 25.9. The van der Waals surface area contributed by atoms with Crippen LogP contribution >= 0.6 is 0 Å². The lowest BCUT2D eigenvalue weighted by Crippen LogP contribution is -2.50. The van der Waals surface area contributed by atoms with Crippen molar-refractivity contribution < 1.29 is 14.3 Å². The molecule has 3 fully saturated rings. The number of morpholine rings is 1. The second-order valence-corrected chi connectivity index (χ2v) is 10.2. The Morgan fingerprint density at radius 1 is 1.14 bits per heavy atom. The summed E-state index contributed by atoms with van der Waals surface area (Å²) in [5.74, 6) is 1.76. The van der Waals surface area contributed by atoms with Gasteiger partial charge in [-0.25, -0.2) is 15.0 Å². The summed E-state index contributed by atoms with van der Waals surface area (Å²) in [4.78, 5) is 49.5. The molecule has 12 heteroatoms. The second kappa shape index (κ2) is 8.84. The number of nitrogen functional groups attached to an aromatic ring is 1. The molecule has 2 aromatic rings. The summed E-state index contributed by atoms with van der Waals surface area (Å²) in [5.41, 5.74) is 8.17. The largest absolute Gasteiger partial charge is 0.378 e. The van der Waals surface area contributed by atoms with Gasteiger partial charge in [-0.05, 0) is 26.2 Å². The highest BCUT2D eigenvalue weighted by atomic mass is 16.5. The molecule has 0 radical (unpaired) electrons. The quantitative estimate of drug-likeness (QED) is 0.597. The predicted octanol–water partition coefficient (Wildman–Crippen LogP) is -0.0155. The number of ether oxygens (including phenoxy) is 1. The number of anilines is 3. The van der Waals surface area contributed by atoms with Gasteiger partial charge >= 0.3 is 0 Å². The van der Waals surface area contributed by atoms with Crippen molar-refractivity contribution in [3.63, 3.8) is 0 Å². The highest BCUT2D eigenvalue weighted by molar-refractivity contribution is 5.91. The van der Waals surface area contributed by atoms with E-state index in [1.807, 2.05) is 4.90 Å². The molecule has 0 aliphatic carbocycles. The van der Waals surface area contributed by atoms with Crippen LogP contribution in [0.5, 0.6) is 0 Å². The van der Waals surface area contributed by atoms with E-state index < -0.39 is 6.04 Å². The standard InChI is InChI=1S/C24H31N9O3/c1-24(5-7-32(14-24)21(35)17-2-3-18(34)28-17)33-6-4-16-19(15-12-26-22(25)27-13-15)29-23(30-20(16)33)31-8-10-36-11-9-31/h12-13,17H,2-11,14H2,1H3,(H,28,34)(H2,25,26,27)/t17-,24-/m0/s1. The Kier molecular flexibility index (Phi) is 5.62. The summed E-state index contributed by atoms with van der Waals surface area (Å²) in [6, 6.07) is -0.405. The maximum absolute atomic E-state index is 13.1. The van der Waals surface area contributed by atoms with Crippen LogP contribution in [0.2, 0.25) is 0 Å². The first kappa shape index (κ1) is 22.9. The molecule has 4 aliphatic heterocycles. The average molecular weight is 494 g/mol. The zero-order chi connectivity index (χ0) is 24.9. The van der Waals surface area contributed by atoms with Gasteiger partial charge in [0.15, 0.2) is 0 Å². The fourth-order valence-electron chi connectivity index (χ4n) is 5.75. The fourth-order valence-corrected chi connectivity index (χ4v) is 5.75. The molecule has 2 aromatic heterocycles. The molecule has 2 amide bonds. The zero-order valence-corrected chi connectivity index (χ0v) is 20.4. The minimum Gasteiger partial charge on any atom is -0.378 e. The zero-order valence-electron chi connectivity index (χ0n) is 20.4. The van der Waals surface area contributed by atoms with Crippen LogP contribution in [0, 0.1) is 0 Å². The Morgan fingerprint density at radius 3 is 2.64 bits per heavy atom. The van der Waals surface area contributed by atoms with E-state index in [1.165, 1.54) is 0 Å². The molecular weight excluding hydrogens is 462 g/mol. The number of nitrogens with two attached hydrogens (primary N) is 1. The molecule has 0 bridgehead atoms. The molecule has 6 heterocycles. The Hall–Kier alpha value is -3.54. The van der Waals surface area contributed by atoms with Crippen molar-refractivity contribution in [2.24, 2.45) is 0 Å². The number of rotatable bonds is 4. The van der Waals surface area contributed by atoms with Crippen LogP contribution in [0.4, 0.5) is 17.7 Å². The molecule has 3 N–H and O–H groups in total. The van der Waals surface area contributed by atoms with E-state index in [2.05, 4.69) is 32.0 Å². The van der Waals surface area contributed by atoms with Crippen LogP contribution < -0.4 is 20.9 Å². The van der Waals surface area contributed by atoms with Gasteiger partial charge in [0.1, 0.15) is 11.9 Å². The van der Waals surface area contributed by atoms with Crippen LogP contribution in [-0.4, -0.2) is 94.2 Å². The van der Waals surface area contributed by atoms with Crippen LogP contribution in [0.25, 0.3) is 11.3 Å². The number of fused-ring (bicyclic) bond motifs is 1. The molecule has 12 nitrogen and oxygen atoms in total. The molecule has 3 saturated heterocycles. The second-order valence-electron chi connectivity index (χ2n) is 10.2. The van der Waals surface area contributed by atoms with Gasteiger partial charge in [-0.1, -0.05) is 0 Å². The van der Waals surface area contributed by atoms with Crippen molar-refractivity contribution in [3.8, 4) is 11.3 Å². The van der Waals surface area contributed by atoms with Gasteiger partial charge < -0.3 is 30.5 Å². The number of hydrogen-bond donors (Lipinski definition) is 2. The SMILES string of the molecule is C[C@]1(N2CCc3c(-c4cnc(N)nc4)nc(N4CCOCC4)nc32)CCN(C(=O)[C@@H]2CCC(=O)N2)C1. The van der Waals surface area contributed by atoms with Crippen LogP contribution in [-0.2, 0) is 20.7 Å². The van der Waals surface area contributed by atoms with E-state index in [0.29, 0.717) is 45.1 Å². The van der Waals surface area contributed by atoms with E-state index in [-0.39, 0.29) is 23.3 Å². The van der Waals surface area contributed by atoms with Gasteiger partial charge in [0.25, 0.3) is 0 Å². The topological polar surface area (TPSA) is 143 Å². The van der Waals surface area contributed by atoms with Crippen LogP contribution in [0.3, 0.4) is 0 Å². The molecule has 0 unspecified atom stereocenters. The Bertz CT molecular complexity index is 1180. The van der Waals surface area contributed by atoms with E-state index in [1.54, 1.807) is 12.4 Å². The molecular formula is C24H31N9O3. The van der Waals surface area contributed by atoms with Crippen LogP contribution in [0.1, 0.15) is 31.7 Å². The number of aromatic nitrogens is 4. The summed E-state index contributed by atoms with van der Waals surface area (Å²) in [6.07, 6.45) is 6.03. The van der Waals surface area contributed by atoms with Crippen molar-refractivity contribution in [2.75, 3.05) is 61.5 Å². The first-order chi connectivity index (χ1) is 17.4. The van der Waals surface area contributed by atoms with Gasteiger partial charge in [-0.15, -0.1) is 0 Å². The van der Waals surface area contributed by atoms with Gasteiger partial charge in [0.2, 0.25) is 23.7 Å². The number of carbonyl (C=O) groups is 2. The molecule has 0 saturated carbocycles. The molecule has 2 atom stereocenters. The lowest BCUT2D eigenvalue weighted by molar-refractivity contribution is -0.133. The van der Waals surface area contributed by atoms with Gasteiger partial charge in [-0.2, -0.15) is 4.98 Å². The Labute approximate surface area is 209 Å². The smallest absolute Gasteiger partial charge is 0.245 e. The molecule has 0 spiro atoms. The van der Waals surface area contributed by atoms with Crippen LogP contribution in [0.15, 0.2) is 12.4 Å². The first-order valence-corrected chi connectivity index (χ1v) is 12.6. The molecule has 36 heavy (non-hydrogen) atoms. The number of nitrogens with one attached hydrogen (secondary N) is 1. The van der Waals surface area contributed by atoms with Crippen molar-refractivity contribution in [2.45, 2.75) is 44.2 Å². The van der Waals surface area contributed by atoms with Crippen molar-refractivity contribution in [3.05, 3.63) is 18.0 Å². The van der Waals surface area contributed by atoms with E-state index >= 15 is 0 Å². The van der Waals surface area contributed by atoms with E-state index in [0.717, 1.165) is 55.1 Å². The summed E-state index contributed by atoms with van der Waals surface area (Å²) in [5, 5.41) is 2.82. The van der Waals surface area contributed by atoms with E-state index in [9.17, 15) is 9.59 Å². The van der Waals surface area contributed by atoms with Crippen molar-refractivity contribution in [1.82, 2.24) is 30.2 Å². The third-order valence-corrected chi connectivity index (χ3v) is 7.76. The third kappa shape index (κ3) is 3.98.